The zero-order valence-electron chi connectivity index (χ0n) is 15.7. The predicted octanol–water partition coefficient (Wildman–Crippen LogP) is 1.60. The van der Waals surface area contributed by atoms with Crippen LogP contribution in [0, 0.1) is 11.8 Å². The van der Waals surface area contributed by atoms with E-state index in [1.165, 1.54) is 16.2 Å². The van der Waals surface area contributed by atoms with Gasteiger partial charge in [0.2, 0.25) is 5.91 Å². The van der Waals surface area contributed by atoms with Crippen LogP contribution in [0.1, 0.15) is 19.2 Å². The van der Waals surface area contributed by atoms with Crippen molar-refractivity contribution in [1.82, 2.24) is 14.9 Å². The molecule has 2 N–H and O–H groups in total. The van der Waals surface area contributed by atoms with Gasteiger partial charge in [0, 0.05) is 21.7 Å². The van der Waals surface area contributed by atoms with E-state index < -0.39 is 0 Å². The maximum atomic E-state index is 12.7. The number of hydrogen-bond acceptors (Lipinski definition) is 5. The fourth-order valence-corrected chi connectivity index (χ4v) is 5.83. The van der Waals surface area contributed by atoms with Gasteiger partial charge in [0.25, 0.3) is 5.56 Å². The molecule has 146 valence electrons. The number of fused-ring (bicyclic) bond motifs is 1. The summed E-state index contributed by atoms with van der Waals surface area (Å²) in [6.07, 6.45) is 1.05. The average molecular weight is 416 g/mol. The molecule has 8 heteroatoms. The fraction of sp³-hybridized carbons (Fsp3) is 0.450. The van der Waals surface area contributed by atoms with Crippen LogP contribution in [0.3, 0.4) is 0 Å². The Labute approximate surface area is 170 Å². The second-order valence-electron chi connectivity index (χ2n) is 7.89. The summed E-state index contributed by atoms with van der Waals surface area (Å²) in [6.45, 7) is 6.24. The largest absolute Gasteiger partial charge is 0.331 e. The van der Waals surface area contributed by atoms with Gasteiger partial charge in [0.05, 0.1) is 31.6 Å². The Balaban J connectivity index is 1.29. The van der Waals surface area contributed by atoms with Crippen molar-refractivity contribution in [3.8, 4) is 10.4 Å². The molecule has 0 spiro atoms. The first kappa shape index (κ1) is 18.0. The zero-order valence-corrected chi connectivity index (χ0v) is 17.4. The molecule has 3 aromatic rings. The number of rotatable bonds is 4. The van der Waals surface area contributed by atoms with Crippen molar-refractivity contribution in [3.63, 3.8) is 0 Å². The molecule has 0 unspecified atom stereocenters. The molecule has 6 nitrogen and oxygen atoms in total. The van der Waals surface area contributed by atoms with Crippen LogP contribution in [0.5, 0.6) is 0 Å². The maximum absolute atomic E-state index is 12.7. The molecule has 0 bridgehead atoms. The van der Waals surface area contributed by atoms with Crippen LogP contribution in [-0.2, 0) is 11.3 Å². The number of H-pyrrole nitrogens is 1. The van der Waals surface area contributed by atoms with E-state index in [0.717, 1.165) is 53.7 Å². The van der Waals surface area contributed by atoms with Crippen molar-refractivity contribution in [2.45, 2.75) is 19.9 Å². The van der Waals surface area contributed by atoms with E-state index in [1.807, 2.05) is 27.8 Å². The lowest BCUT2D eigenvalue weighted by atomic mass is 10.2. The molecule has 2 aliphatic rings. The third-order valence-corrected chi connectivity index (χ3v) is 7.68. The molecule has 1 aliphatic carbocycles. The number of aromatic amines is 1. The van der Waals surface area contributed by atoms with E-state index in [9.17, 15) is 9.59 Å². The molecule has 1 amide bonds. The lowest BCUT2D eigenvalue weighted by molar-refractivity contribution is -0.918. The number of amides is 1. The Morgan fingerprint density at radius 3 is 2.82 bits per heavy atom. The smallest absolute Gasteiger partial charge is 0.260 e. The van der Waals surface area contributed by atoms with Gasteiger partial charge in [0.15, 0.2) is 5.82 Å². The molecule has 1 aliphatic heterocycles. The first-order chi connectivity index (χ1) is 13.6. The SMILES string of the molecule is C[C@@H]1C[C@H]1C(=O)N1CC[NH+](Cc2nc3scc(-c4cccs4)c3c(=O)[nH]2)CC1. The fourth-order valence-electron chi connectivity index (χ4n) is 4.05. The molecule has 2 atom stereocenters. The summed E-state index contributed by atoms with van der Waals surface area (Å²) in [7, 11) is 0. The molecular weight excluding hydrogens is 392 g/mol. The van der Waals surface area contributed by atoms with Gasteiger partial charge in [-0.25, -0.2) is 4.98 Å². The van der Waals surface area contributed by atoms with E-state index in [1.54, 1.807) is 11.3 Å². The molecule has 3 aromatic heterocycles. The quantitative estimate of drug-likeness (QED) is 0.680. The Bertz CT molecular complexity index is 1060. The number of thiophene rings is 2. The summed E-state index contributed by atoms with van der Waals surface area (Å²) in [5, 5.41) is 4.74. The Morgan fingerprint density at radius 1 is 1.36 bits per heavy atom. The van der Waals surface area contributed by atoms with Crippen molar-refractivity contribution in [2.75, 3.05) is 26.2 Å². The number of piperazine rings is 1. The minimum Gasteiger partial charge on any atom is -0.331 e. The first-order valence-electron chi connectivity index (χ1n) is 9.77. The highest BCUT2D eigenvalue weighted by Crippen LogP contribution is 2.39. The van der Waals surface area contributed by atoms with Crippen LogP contribution in [0.2, 0.25) is 0 Å². The van der Waals surface area contributed by atoms with Crippen LogP contribution < -0.4 is 10.5 Å². The summed E-state index contributed by atoms with van der Waals surface area (Å²) >= 11 is 3.17. The molecular formula is C20H23N4O2S2+. The number of nitrogens with one attached hydrogen (secondary N) is 2. The third kappa shape index (κ3) is 3.29. The maximum Gasteiger partial charge on any atom is 0.260 e. The van der Waals surface area contributed by atoms with E-state index >= 15 is 0 Å². The zero-order chi connectivity index (χ0) is 19.3. The summed E-state index contributed by atoms with van der Waals surface area (Å²) < 4.78 is 0. The van der Waals surface area contributed by atoms with Gasteiger partial charge in [-0.05, 0) is 23.8 Å². The highest BCUT2D eigenvalue weighted by Gasteiger charge is 2.42. The Hall–Kier alpha value is -2.03. The Morgan fingerprint density at radius 2 is 2.14 bits per heavy atom. The van der Waals surface area contributed by atoms with Gasteiger partial charge in [0.1, 0.15) is 11.4 Å². The lowest BCUT2D eigenvalue weighted by Crippen LogP contribution is -3.13. The van der Waals surface area contributed by atoms with Gasteiger partial charge >= 0.3 is 0 Å². The number of carbonyl (C=O) groups excluding carboxylic acids is 1. The van der Waals surface area contributed by atoms with Crippen molar-refractivity contribution >= 4 is 38.8 Å². The lowest BCUT2D eigenvalue weighted by Gasteiger charge is -2.32. The second-order valence-corrected chi connectivity index (χ2v) is 9.70. The monoisotopic (exact) mass is 415 g/mol. The highest BCUT2D eigenvalue weighted by molar-refractivity contribution is 7.18. The highest BCUT2D eigenvalue weighted by atomic mass is 32.1. The van der Waals surface area contributed by atoms with Crippen molar-refractivity contribution < 1.29 is 9.69 Å². The van der Waals surface area contributed by atoms with Crippen LogP contribution in [-0.4, -0.2) is 47.0 Å². The summed E-state index contributed by atoms with van der Waals surface area (Å²) in [5.41, 5.74) is 0.921. The van der Waals surface area contributed by atoms with Crippen LogP contribution in [0.25, 0.3) is 20.7 Å². The van der Waals surface area contributed by atoms with E-state index in [0.29, 0.717) is 23.8 Å². The minimum absolute atomic E-state index is 0.0550. The van der Waals surface area contributed by atoms with Crippen LogP contribution in [0.4, 0.5) is 0 Å². The molecule has 4 heterocycles. The van der Waals surface area contributed by atoms with Crippen molar-refractivity contribution in [3.05, 3.63) is 39.1 Å². The molecule has 0 radical (unpaired) electrons. The molecule has 1 saturated heterocycles. The molecule has 28 heavy (non-hydrogen) atoms. The van der Waals surface area contributed by atoms with Gasteiger partial charge in [-0.2, -0.15) is 0 Å². The van der Waals surface area contributed by atoms with Crippen molar-refractivity contribution in [1.29, 1.82) is 0 Å². The van der Waals surface area contributed by atoms with Gasteiger partial charge in [-0.3, -0.25) is 9.59 Å². The van der Waals surface area contributed by atoms with E-state index in [4.69, 9.17) is 4.98 Å². The number of carbonyl (C=O) groups is 1. The van der Waals surface area contributed by atoms with E-state index in [2.05, 4.69) is 11.9 Å². The first-order valence-corrected chi connectivity index (χ1v) is 11.5. The summed E-state index contributed by atoms with van der Waals surface area (Å²) in [5.74, 6) is 1.89. The minimum atomic E-state index is -0.0550. The summed E-state index contributed by atoms with van der Waals surface area (Å²) in [6, 6.07) is 4.03. The normalized spacial score (nSPS) is 22.7. The predicted molar refractivity (Wildman–Crippen MR) is 112 cm³/mol. The van der Waals surface area contributed by atoms with Gasteiger partial charge in [-0.15, -0.1) is 22.7 Å². The molecule has 1 saturated carbocycles. The molecule has 2 fully saturated rings. The summed E-state index contributed by atoms with van der Waals surface area (Å²) in [4.78, 5) is 38.1. The second kappa shape index (κ2) is 7.09. The van der Waals surface area contributed by atoms with Gasteiger partial charge in [-0.1, -0.05) is 13.0 Å². The topological polar surface area (TPSA) is 70.5 Å². The average Bonchev–Trinajstić information content (AvgIpc) is 3.09. The molecule has 0 aromatic carbocycles. The molecule has 5 rings (SSSR count). The number of nitrogens with zero attached hydrogens (tertiary/aromatic N) is 2. The number of quaternary nitrogens is 1. The van der Waals surface area contributed by atoms with Crippen LogP contribution >= 0.6 is 22.7 Å². The van der Waals surface area contributed by atoms with E-state index in [-0.39, 0.29) is 11.5 Å². The van der Waals surface area contributed by atoms with Gasteiger partial charge < -0.3 is 14.8 Å². The third-order valence-electron chi connectivity index (χ3n) is 5.91. The van der Waals surface area contributed by atoms with Crippen LogP contribution in [0.15, 0.2) is 27.7 Å². The standard InChI is InChI=1S/C20H22N4O2S2/c1-12-9-13(12)20(26)24-6-4-23(5-7-24)10-16-21-18(25)17-14(11-28-19(17)22-16)15-3-2-8-27-15/h2-3,8,11-13H,4-7,9-10H2,1H3,(H,21,22,25)/p+1/t12-,13-/m1/s1. The number of aromatic nitrogens is 2. The number of hydrogen-bond donors (Lipinski definition) is 2. The van der Waals surface area contributed by atoms with Crippen molar-refractivity contribution in [2.24, 2.45) is 11.8 Å². The Kier molecular flexibility index (Phi) is 4.57.